The molecular formula is C57H69N11O10SSi3. The number of carboxylic acids is 1. The Kier molecular flexibility index (Phi) is 17.4. The van der Waals surface area contributed by atoms with Crippen LogP contribution in [0.25, 0.3) is 21.5 Å². The standard InChI is InChI=1S/C57H69N11O10SSi3/c1-6-7-31-66(33-19-34-79(73,74)75)32-16-28-47(69)58-29-17-35-80(2,3)77-82(78-81(4,5)36-18-30-59-48(70)37-76-38-49(71)72)67-54-43-24-12-13-25-44(43)56(67)64-52-41-22-10-11-23-42(41)53(61-52)65-57-46-27-15-14-26-45(46)55(68(57)82)63-51-40-21-9-8-20-39(40)50(60-51)62-54/h8-15,20-27H,6-7,16-19,28-38H2,1-5H3,(H,58,69)(H,59,70)(H,71,72)(H,73,74,75). The van der Waals surface area contributed by atoms with Gasteiger partial charge in [-0.2, -0.15) is 8.42 Å². The quantitative estimate of drug-likeness (QED) is 0.0230. The third-order valence-electron chi connectivity index (χ3n) is 14.7. The van der Waals surface area contributed by atoms with Crippen molar-refractivity contribution in [3.63, 3.8) is 0 Å². The molecule has 2 aromatic heterocycles. The predicted octanol–water partition coefficient (Wildman–Crippen LogP) is 7.09. The van der Waals surface area contributed by atoms with Crippen LogP contribution in [0.3, 0.4) is 0 Å². The van der Waals surface area contributed by atoms with Crippen LogP contribution in [-0.2, 0) is 37.5 Å². The molecule has 82 heavy (non-hydrogen) atoms. The summed E-state index contributed by atoms with van der Waals surface area (Å²) in [7, 11) is -14.8. The molecule has 4 N–H and O–H groups in total. The fourth-order valence-electron chi connectivity index (χ4n) is 11.0. The number of rotatable bonds is 27. The van der Waals surface area contributed by atoms with Gasteiger partial charge < -0.3 is 33.6 Å². The van der Waals surface area contributed by atoms with Gasteiger partial charge in [0.05, 0.1) is 5.75 Å². The van der Waals surface area contributed by atoms with E-state index in [1.165, 1.54) is 0 Å². The summed E-state index contributed by atoms with van der Waals surface area (Å²) in [4.78, 5) is 72.4. The molecule has 21 nitrogen and oxygen atoms in total. The molecule has 1 atom stereocenters. The van der Waals surface area contributed by atoms with Gasteiger partial charge >= 0.3 is 14.9 Å². The van der Waals surface area contributed by atoms with E-state index in [-0.39, 0.29) is 24.8 Å². The first kappa shape index (κ1) is 58.3. The van der Waals surface area contributed by atoms with E-state index in [4.69, 9.17) is 48.0 Å². The van der Waals surface area contributed by atoms with Crippen molar-refractivity contribution in [3.8, 4) is 0 Å². The molecule has 0 radical (unpaired) electrons. The number of carbonyl (C=O) groups excluding carboxylic acids is 2. The minimum atomic E-state index is -4.59. The van der Waals surface area contributed by atoms with E-state index in [9.17, 15) is 27.4 Å². The number of ether oxygens (including phenoxy) is 1. The number of aromatic nitrogens is 2. The van der Waals surface area contributed by atoms with Gasteiger partial charge in [-0.15, -0.1) is 0 Å². The second kappa shape index (κ2) is 24.5. The highest BCUT2D eigenvalue weighted by molar-refractivity contribution is 7.85. The van der Waals surface area contributed by atoms with Crippen LogP contribution >= 0.6 is 0 Å². The molecule has 10 rings (SSSR count). The molecule has 4 aliphatic rings. The topological polar surface area (TPSA) is 265 Å². The summed E-state index contributed by atoms with van der Waals surface area (Å²) in [6, 6.07) is 33.1. The van der Waals surface area contributed by atoms with Gasteiger partial charge in [0, 0.05) is 63.3 Å². The zero-order chi connectivity index (χ0) is 57.8. The van der Waals surface area contributed by atoms with Gasteiger partial charge in [-0.1, -0.05) is 110 Å². The van der Waals surface area contributed by atoms with Crippen LogP contribution in [0.5, 0.6) is 0 Å². The highest BCUT2D eigenvalue weighted by Gasteiger charge is 2.58. The van der Waals surface area contributed by atoms with Crippen LogP contribution in [-0.4, -0.2) is 150 Å². The van der Waals surface area contributed by atoms with Crippen molar-refractivity contribution < 1.29 is 45.4 Å². The molecule has 0 spiro atoms. The van der Waals surface area contributed by atoms with Gasteiger partial charge in [-0.25, -0.2) is 34.7 Å². The number of nitrogens with zero attached hydrogens (tertiary/aromatic N) is 9. The van der Waals surface area contributed by atoms with Crippen LogP contribution in [0.4, 0.5) is 11.6 Å². The SMILES string of the molecule is CCCCN(CCCC(=O)NCCC[Si](C)(C)O[Si]1(O[Si](C)(C)CCCNC(=O)COCC(=O)O)n2c3c4ccccc4c2N=C2N=C(N=c4c5ccccc5c(n41)=NC1=NC(=N3)c3ccccc31)c1ccccc12)CCCS(=O)(=O)O. The molecule has 0 fully saturated rings. The monoisotopic (exact) mass is 1180 g/mol. The number of aliphatic carboxylic acids is 1. The van der Waals surface area contributed by atoms with Crippen molar-refractivity contribution in [2.45, 2.75) is 90.1 Å². The highest BCUT2D eigenvalue weighted by atomic mass is 32.2. The molecule has 0 aliphatic carbocycles. The first-order chi connectivity index (χ1) is 39.3. The second-order valence-electron chi connectivity index (χ2n) is 22.1. The van der Waals surface area contributed by atoms with Crippen LogP contribution in [0.2, 0.25) is 38.3 Å². The summed E-state index contributed by atoms with van der Waals surface area (Å²) < 4.78 is 58.0. The molecule has 2 amide bonds. The van der Waals surface area contributed by atoms with Gasteiger partial charge in [0.2, 0.25) is 11.8 Å². The maximum Gasteiger partial charge on any atom is 0.582 e. The Morgan fingerprint density at radius 3 is 1.49 bits per heavy atom. The molecule has 25 heteroatoms. The average molecular weight is 1180 g/mol. The van der Waals surface area contributed by atoms with Crippen molar-refractivity contribution >= 4 is 110 Å². The number of hydrogen-bond acceptors (Lipinski definition) is 15. The summed E-state index contributed by atoms with van der Waals surface area (Å²) in [5, 5.41) is 18.2. The number of fused-ring (bicyclic) bond motifs is 14. The van der Waals surface area contributed by atoms with Gasteiger partial charge in [-0.05, 0) is 90.0 Å². The number of unbranched alkanes of at least 4 members (excludes halogenated alkanes) is 1. The zero-order valence-electron chi connectivity index (χ0n) is 46.9. The molecule has 0 saturated carbocycles. The summed E-state index contributed by atoms with van der Waals surface area (Å²) in [5.74, 6) is 0.923. The van der Waals surface area contributed by atoms with Gasteiger partial charge in [-0.3, -0.25) is 22.6 Å². The van der Waals surface area contributed by atoms with E-state index in [2.05, 4.69) is 57.1 Å². The molecule has 6 heterocycles. The highest BCUT2D eigenvalue weighted by Crippen LogP contribution is 2.45. The van der Waals surface area contributed by atoms with Gasteiger partial charge in [0.25, 0.3) is 10.1 Å². The third kappa shape index (κ3) is 12.8. The number of carbonyl (C=O) groups is 3. The summed E-state index contributed by atoms with van der Waals surface area (Å²) in [6.07, 6.45) is 4.21. The van der Waals surface area contributed by atoms with E-state index in [0.29, 0.717) is 110 Å². The normalized spacial score (nSPS) is 16.1. The molecule has 4 aromatic carbocycles. The van der Waals surface area contributed by atoms with Crippen molar-refractivity contribution in [3.05, 3.63) is 130 Å². The smallest absolute Gasteiger partial charge is 0.480 e. The van der Waals surface area contributed by atoms with Crippen molar-refractivity contribution in [2.75, 3.05) is 51.7 Å². The Balaban J connectivity index is 1.10. The number of nitrogens with one attached hydrogen (secondary N) is 2. The Morgan fingerprint density at radius 2 is 1.01 bits per heavy atom. The molecule has 1 unspecified atom stereocenters. The average Bonchev–Trinajstić information content (AvgIpc) is 2.06. The third-order valence-corrected chi connectivity index (χ3v) is 27.2. The largest absolute Gasteiger partial charge is 0.582 e. The molecule has 430 valence electrons. The fourth-order valence-corrected chi connectivity index (χ4v) is 24.0. The zero-order valence-corrected chi connectivity index (χ0v) is 50.7. The Bertz CT molecular complexity index is 3690. The Hall–Kier alpha value is -6.95. The van der Waals surface area contributed by atoms with Crippen LogP contribution < -0.4 is 21.6 Å². The lowest BCUT2D eigenvalue weighted by molar-refractivity contribution is -0.143. The van der Waals surface area contributed by atoms with E-state index in [0.717, 1.165) is 63.2 Å². The van der Waals surface area contributed by atoms with E-state index in [1.54, 1.807) is 0 Å². The molecule has 0 saturated heterocycles. The summed E-state index contributed by atoms with van der Waals surface area (Å²) in [6.45, 7) is 12.3. The van der Waals surface area contributed by atoms with E-state index in [1.807, 2.05) is 97.1 Å². The number of carboxylic acid groups (broad SMARTS) is 1. The van der Waals surface area contributed by atoms with Crippen LogP contribution in [0.15, 0.2) is 127 Å². The van der Waals surface area contributed by atoms with Crippen LogP contribution in [0.1, 0.15) is 74.1 Å². The minimum absolute atomic E-state index is 0.0818. The molecular weight excluding hydrogens is 1120 g/mol. The molecule has 6 bridgehead atoms. The fraction of sp³-hybridized carbons (Fsp3) is 0.386. The molecule has 4 aliphatic heterocycles. The number of hydrogen-bond donors (Lipinski definition) is 4. The lowest BCUT2D eigenvalue weighted by atomic mass is 10.1. The number of aliphatic imine (C=N–C) groups is 4. The number of benzene rings is 4. The maximum absolute atomic E-state index is 13.5. The summed E-state index contributed by atoms with van der Waals surface area (Å²) in [5.41, 5.74) is 4.27. The first-order valence-corrected chi connectivity index (χ1v) is 37.6. The number of amides is 2. The lowest BCUT2D eigenvalue weighted by Crippen LogP contribution is -2.70. The Labute approximate surface area is 479 Å². The van der Waals surface area contributed by atoms with Crippen LogP contribution in [0, 0.1) is 0 Å². The van der Waals surface area contributed by atoms with Crippen molar-refractivity contribution in [2.24, 2.45) is 30.0 Å². The summed E-state index contributed by atoms with van der Waals surface area (Å²) >= 11 is 0. The number of amidine groups is 4. The predicted molar refractivity (Wildman–Crippen MR) is 323 cm³/mol. The lowest BCUT2D eigenvalue weighted by Gasteiger charge is -2.43. The van der Waals surface area contributed by atoms with Gasteiger partial charge in [0.15, 0.2) is 40.0 Å². The molecule has 6 aromatic rings. The van der Waals surface area contributed by atoms with E-state index < -0.39 is 54.1 Å². The minimum Gasteiger partial charge on any atom is -0.480 e. The first-order valence-electron chi connectivity index (χ1n) is 28.0. The van der Waals surface area contributed by atoms with Crippen molar-refractivity contribution in [1.82, 2.24) is 24.0 Å². The van der Waals surface area contributed by atoms with Crippen molar-refractivity contribution in [1.29, 1.82) is 0 Å². The maximum atomic E-state index is 13.5. The second-order valence-corrected chi connectivity index (χ2v) is 35.4. The van der Waals surface area contributed by atoms with E-state index >= 15 is 0 Å². The Morgan fingerprint density at radius 1 is 0.573 bits per heavy atom. The van der Waals surface area contributed by atoms with Gasteiger partial charge in [0.1, 0.15) is 35.8 Å².